The summed E-state index contributed by atoms with van der Waals surface area (Å²) in [5.74, 6) is -0.572. The van der Waals surface area contributed by atoms with Crippen LogP contribution in [0.4, 0.5) is 5.69 Å². The predicted molar refractivity (Wildman–Crippen MR) is 190 cm³/mol. The number of sulfonamides is 2. The average molecular weight is 736 g/mol. The fourth-order valence-corrected chi connectivity index (χ4v) is 7.88. The molecule has 0 aliphatic carbocycles. The molecule has 0 spiro atoms. The number of carbonyl (C=O) groups excluding carboxylic acids is 1. The third kappa shape index (κ3) is 9.95. The number of fused-ring (bicyclic) bond motifs is 1. The van der Waals surface area contributed by atoms with Crippen LogP contribution in [0.1, 0.15) is 56.0 Å². The highest BCUT2D eigenvalue weighted by molar-refractivity contribution is 7.92. The Kier molecular flexibility index (Phi) is 13.1. The van der Waals surface area contributed by atoms with E-state index in [9.17, 15) is 26.7 Å². The van der Waals surface area contributed by atoms with Crippen molar-refractivity contribution in [3.63, 3.8) is 0 Å². The van der Waals surface area contributed by atoms with Crippen LogP contribution in [0, 0.1) is 12.8 Å². The van der Waals surface area contributed by atoms with E-state index < -0.39 is 38.1 Å². The van der Waals surface area contributed by atoms with E-state index in [4.69, 9.17) is 21.1 Å². The van der Waals surface area contributed by atoms with Gasteiger partial charge in [0.05, 0.1) is 40.2 Å². The molecule has 0 unspecified atom stereocenters. The second kappa shape index (κ2) is 16.7. The molecule has 0 saturated heterocycles. The van der Waals surface area contributed by atoms with Crippen LogP contribution >= 0.6 is 11.6 Å². The predicted octanol–water partition coefficient (Wildman–Crippen LogP) is 5.57. The van der Waals surface area contributed by atoms with E-state index in [0.717, 1.165) is 12.0 Å². The van der Waals surface area contributed by atoms with Gasteiger partial charge in [-0.3, -0.25) is 9.52 Å². The molecular formula is C35H46ClN3O8S2. The van der Waals surface area contributed by atoms with Crippen molar-refractivity contribution in [3.8, 4) is 5.75 Å². The van der Waals surface area contributed by atoms with Gasteiger partial charge in [0.2, 0.25) is 10.0 Å². The van der Waals surface area contributed by atoms with Gasteiger partial charge in [-0.1, -0.05) is 36.2 Å². The smallest absolute Gasteiger partial charge is 0.261 e. The number of hydrogen-bond acceptors (Lipinski definition) is 8. The van der Waals surface area contributed by atoms with Gasteiger partial charge in [0.15, 0.2) is 0 Å². The van der Waals surface area contributed by atoms with E-state index in [2.05, 4.69) is 4.72 Å². The Morgan fingerprint density at radius 3 is 2.31 bits per heavy atom. The molecule has 1 aliphatic heterocycles. The molecular weight excluding hydrogens is 690 g/mol. The minimum Gasteiger partial charge on any atom is -0.490 e. The number of amides is 1. The van der Waals surface area contributed by atoms with Gasteiger partial charge < -0.3 is 19.5 Å². The molecule has 4 rings (SSSR count). The van der Waals surface area contributed by atoms with E-state index in [1.54, 1.807) is 31.2 Å². The third-order valence-electron chi connectivity index (χ3n) is 8.59. The normalized spacial score (nSPS) is 20.6. The first-order valence-corrected chi connectivity index (χ1v) is 19.6. The molecule has 268 valence electrons. The van der Waals surface area contributed by atoms with E-state index in [-0.39, 0.29) is 58.5 Å². The van der Waals surface area contributed by atoms with E-state index in [1.165, 1.54) is 58.7 Å². The molecule has 1 amide bonds. The maximum absolute atomic E-state index is 14.4. The molecule has 49 heavy (non-hydrogen) atoms. The van der Waals surface area contributed by atoms with Crippen LogP contribution in [0.25, 0.3) is 0 Å². The Labute approximate surface area is 295 Å². The van der Waals surface area contributed by atoms with Crippen LogP contribution < -0.4 is 9.46 Å². The Bertz CT molecular complexity index is 1790. The Hall–Kier alpha value is -3.20. The molecule has 1 aliphatic rings. The van der Waals surface area contributed by atoms with Gasteiger partial charge in [-0.15, -0.1) is 0 Å². The maximum Gasteiger partial charge on any atom is 0.261 e. The highest BCUT2D eigenvalue weighted by atomic mass is 35.5. The van der Waals surface area contributed by atoms with Gasteiger partial charge in [0.1, 0.15) is 5.75 Å². The van der Waals surface area contributed by atoms with Crippen molar-refractivity contribution in [1.29, 1.82) is 0 Å². The number of nitrogens with one attached hydrogen (secondary N) is 1. The fourth-order valence-electron chi connectivity index (χ4n) is 5.52. The lowest BCUT2D eigenvalue weighted by atomic mass is 10.0. The zero-order valence-corrected chi connectivity index (χ0v) is 30.9. The maximum atomic E-state index is 14.4. The van der Waals surface area contributed by atoms with Gasteiger partial charge in [0, 0.05) is 43.4 Å². The SMILES string of the molecule is Cc1ccc(S(=O)(=O)Nc2ccc3c(c2)C(=O)N([C@H](C)CO)C[C@@H](C)[C@H](CN(C)S(=O)(=O)c2ccc(Cl)cc2)OCCCC[C@H](C)O3)cc1. The van der Waals surface area contributed by atoms with Crippen molar-refractivity contribution >= 4 is 43.2 Å². The van der Waals surface area contributed by atoms with E-state index >= 15 is 0 Å². The van der Waals surface area contributed by atoms with Crippen molar-refractivity contribution in [2.45, 2.75) is 75.0 Å². The Morgan fingerprint density at radius 2 is 1.65 bits per heavy atom. The molecule has 4 atom stereocenters. The van der Waals surface area contributed by atoms with Gasteiger partial charge in [-0.25, -0.2) is 16.8 Å². The number of hydrogen-bond donors (Lipinski definition) is 2. The monoisotopic (exact) mass is 735 g/mol. The van der Waals surface area contributed by atoms with E-state index in [0.29, 0.717) is 24.5 Å². The first-order chi connectivity index (χ1) is 23.1. The average Bonchev–Trinajstić information content (AvgIpc) is 3.06. The summed E-state index contributed by atoms with van der Waals surface area (Å²) in [6, 6.07) is 16.3. The topological polar surface area (TPSA) is 143 Å². The summed E-state index contributed by atoms with van der Waals surface area (Å²) >= 11 is 5.98. The lowest BCUT2D eigenvalue weighted by Crippen LogP contribution is -2.48. The summed E-state index contributed by atoms with van der Waals surface area (Å²) < 4.78 is 69.6. The second-order valence-electron chi connectivity index (χ2n) is 12.7. The number of nitrogens with zero attached hydrogens (tertiary/aromatic N) is 2. The zero-order chi connectivity index (χ0) is 35.9. The van der Waals surface area contributed by atoms with Gasteiger partial charge in [0.25, 0.3) is 15.9 Å². The molecule has 2 N–H and O–H groups in total. The largest absolute Gasteiger partial charge is 0.490 e. The number of benzene rings is 3. The lowest BCUT2D eigenvalue weighted by molar-refractivity contribution is -0.00833. The molecule has 0 bridgehead atoms. The summed E-state index contributed by atoms with van der Waals surface area (Å²) in [4.78, 5) is 16.0. The quantitative estimate of drug-likeness (QED) is 0.291. The number of ether oxygens (including phenoxy) is 2. The number of likely N-dealkylation sites (N-methyl/N-ethyl adjacent to an activating group) is 1. The van der Waals surface area contributed by atoms with E-state index in [1.807, 2.05) is 20.8 Å². The highest BCUT2D eigenvalue weighted by Crippen LogP contribution is 2.30. The first-order valence-electron chi connectivity index (χ1n) is 16.3. The summed E-state index contributed by atoms with van der Waals surface area (Å²) in [6.45, 7) is 7.48. The molecule has 0 radical (unpaired) electrons. The van der Waals surface area contributed by atoms with Gasteiger partial charge in [-0.05, 0) is 94.6 Å². The number of aryl methyl sites for hydroxylation is 1. The van der Waals surface area contributed by atoms with Crippen molar-refractivity contribution in [2.75, 3.05) is 38.1 Å². The minimum absolute atomic E-state index is 0.0166. The molecule has 0 saturated carbocycles. The highest BCUT2D eigenvalue weighted by Gasteiger charge is 2.32. The van der Waals surface area contributed by atoms with Crippen molar-refractivity contribution in [2.24, 2.45) is 5.92 Å². The van der Waals surface area contributed by atoms with Crippen LogP contribution in [0.5, 0.6) is 5.75 Å². The number of rotatable bonds is 9. The minimum atomic E-state index is -3.96. The molecule has 3 aromatic rings. The Morgan fingerprint density at radius 1 is 1.00 bits per heavy atom. The summed E-state index contributed by atoms with van der Waals surface area (Å²) in [5, 5.41) is 10.6. The van der Waals surface area contributed by atoms with Crippen LogP contribution in [-0.2, 0) is 24.8 Å². The number of halogens is 1. The standard InChI is InChI=1S/C35H46ClN3O8S2/c1-24-9-14-30(15-10-24)48(42,43)37-29-13-18-33-32(20-29)35(41)39(26(3)23-40)21-25(2)34(46-19-7-6-8-27(4)47-33)22-38(5)49(44,45)31-16-11-28(36)12-17-31/h9-18,20,25-27,34,37,40H,6-8,19,21-23H2,1-5H3/t25-,26-,27+,34+/m1/s1. The Balaban J connectivity index is 1.67. The molecule has 14 heteroatoms. The molecule has 1 heterocycles. The number of carbonyl (C=O) groups is 1. The van der Waals surface area contributed by atoms with Crippen LogP contribution in [0.2, 0.25) is 5.02 Å². The van der Waals surface area contributed by atoms with Gasteiger partial charge >= 0.3 is 0 Å². The molecule has 3 aromatic carbocycles. The lowest BCUT2D eigenvalue weighted by Gasteiger charge is -2.35. The number of aliphatic hydroxyl groups excluding tert-OH is 1. The first kappa shape index (κ1) is 38.6. The van der Waals surface area contributed by atoms with Crippen LogP contribution in [-0.4, -0.2) is 88.7 Å². The van der Waals surface area contributed by atoms with Crippen molar-refractivity contribution in [1.82, 2.24) is 9.21 Å². The summed E-state index contributed by atoms with van der Waals surface area (Å²) in [7, 11) is -6.35. The van der Waals surface area contributed by atoms with Crippen LogP contribution in [0.3, 0.4) is 0 Å². The summed E-state index contributed by atoms with van der Waals surface area (Å²) in [6.07, 6.45) is 1.23. The molecule has 0 aromatic heterocycles. The third-order valence-corrected chi connectivity index (χ3v) is 12.1. The fraction of sp³-hybridized carbons (Fsp3) is 0.457. The summed E-state index contributed by atoms with van der Waals surface area (Å²) in [5.41, 5.74) is 1.21. The molecule has 0 fully saturated rings. The van der Waals surface area contributed by atoms with Crippen LogP contribution in [0.15, 0.2) is 76.5 Å². The second-order valence-corrected chi connectivity index (χ2v) is 16.8. The number of anilines is 1. The number of aliphatic hydroxyl groups is 1. The van der Waals surface area contributed by atoms with Gasteiger partial charge in [-0.2, -0.15) is 4.31 Å². The van der Waals surface area contributed by atoms with Crippen molar-refractivity contribution < 1.29 is 36.2 Å². The zero-order valence-electron chi connectivity index (χ0n) is 28.5. The molecule has 11 nitrogen and oxygen atoms in total. The van der Waals surface area contributed by atoms with Crippen molar-refractivity contribution in [3.05, 3.63) is 82.9 Å².